The number of carbonyl (C=O) groups is 1. The third-order valence-electron chi connectivity index (χ3n) is 6.91. The number of nitrogens with zero attached hydrogens (tertiary/aromatic N) is 4. The van der Waals surface area contributed by atoms with Gasteiger partial charge in [-0.3, -0.25) is 4.79 Å². The Bertz CT molecular complexity index is 1380. The lowest BCUT2D eigenvalue weighted by molar-refractivity contribution is 0.0966. The van der Waals surface area contributed by atoms with Crippen LogP contribution >= 0.6 is 0 Å². The maximum absolute atomic E-state index is 12.8. The molecule has 172 valence electrons. The van der Waals surface area contributed by atoms with Gasteiger partial charge in [0, 0.05) is 50.5 Å². The Kier molecular flexibility index (Phi) is 4.95. The van der Waals surface area contributed by atoms with Crippen molar-refractivity contribution in [1.29, 1.82) is 0 Å². The van der Waals surface area contributed by atoms with Gasteiger partial charge in [0.2, 0.25) is 0 Å². The molecule has 0 spiro atoms. The lowest BCUT2D eigenvalue weighted by Gasteiger charge is -2.33. The number of hydrogen-bond acceptors (Lipinski definition) is 6. The summed E-state index contributed by atoms with van der Waals surface area (Å²) in [5.41, 5.74) is 7.69. The first-order valence-corrected chi connectivity index (χ1v) is 11.6. The molecule has 1 amide bonds. The summed E-state index contributed by atoms with van der Waals surface area (Å²) in [5, 5.41) is 7.47. The van der Waals surface area contributed by atoms with Gasteiger partial charge >= 0.3 is 0 Å². The van der Waals surface area contributed by atoms with Gasteiger partial charge in [-0.05, 0) is 60.5 Å². The fourth-order valence-corrected chi connectivity index (χ4v) is 5.00. The minimum Gasteiger partial charge on any atom is -0.368 e. The highest BCUT2D eigenvalue weighted by molar-refractivity contribution is 6.07. The van der Waals surface area contributed by atoms with E-state index in [-0.39, 0.29) is 5.91 Å². The predicted octanol–water partition coefficient (Wildman–Crippen LogP) is 3.67. The molecule has 1 saturated heterocycles. The average molecular weight is 454 g/mol. The van der Waals surface area contributed by atoms with Gasteiger partial charge < -0.3 is 25.4 Å². The molecule has 2 aliphatic rings. The number of H-pyrrole nitrogens is 1. The van der Waals surface area contributed by atoms with E-state index < -0.39 is 0 Å². The highest BCUT2D eigenvalue weighted by Crippen LogP contribution is 2.38. The number of fused-ring (bicyclic) bond motifs is 2. The van der Waals surface area contributed by atoms with Crippen LogP contribution in [-0.2, 0) is 6.54 Å². The van der Waals surface area contributed by atoms with Crippen LogP contribution in [0.15, 0.2) is 48.9 Å². The Morgan fingerprint density at radius 3 is 2.65 bits per heavy atom. The molecule has 0 atom stereocenters. The molecule has 8 heteroatoms. The van der Waals surface area contributed by atoms with Crippen LogP contribution in [0.3, 0.4) is 0 Å². The molecule has 4 aromatic rings. The zero-order valence-electron chi connectivity index (χ0n) is 19.4. The smallest absolute Gasteiger partial charge is 0.254 e. The summed E-state index contributed by atoms with van der Waals surface area (Å²) in [6.07, 6.45) is 5.69. The maximum atomic E-state index is 12.8. The van der Waals surface area contributed by atoms with Crippen molar-refractivity contribution in [3.05, 3.63) is 65.6 Å². The first-order chi connectivity index (χ1) is 16.6. The molecular formula is C26H27N7O. The quantitative estimate of drug-likeness (QED) is 0.437. The molecule has 1 aromatic carbocycles. The lowest BCUT2D eigenvalue weighted by Crippen LogP contribution is -2.44. The van der Waals surface area contributed by atoms with Crippen molar-refractivity contribution in [2.24, 2.45) is 0 Å². The number of aromatic amines is 1. The molecule has 3 N–H and O–H groups in total. The van der Waals surface area contributed by atoms with E-state index in [0.29, 0.717) is 12.1 Å². The van der Waals surface area contributed by atoms with Crippen molar-refractivity contribution in [2.45, 2.75) is 13.5 Å². The third-order valence-corrected chi connectivity index (χ3v) is 6.91. The number of nitrogens with one attached hydrogen (secondary N) is 3. The zero-order valence-corrected chi connectivity index (χ0v) is 19.4. The topological polar surface area (TPSA) is 89.2 Å². The number of likely N-dealkylation sites (N-methyl/N-ethyl adjacent to an activating group) is 1. The van der Waals surface area contributed by atoms with Crippen molar-refractivity contribution in [3.63, 3.8) is 0 Å². The molecule has 6 rings (SSSR count). The van der Waals surface area contributed by atoms with E-state index in [0.717, 1.165) is 76.7 Å². The van der Waals surface area contributed by atoms with Crippen LogP contribution in [0.4, 0.5) is 17.2 Å². The van der Waals surface area contributed by atoms with E-state index in [1.54, 1.807) is 0 Å². The number of piperazine rings is 1. The largest absolute Gasteiger partial charge is 0.368 e. The Morgan fingerprint density at radius 1 is 1.00 bits per heavy atom. The molecule has 0 unspecified atom stereocenters. The monoisotopic (exact) mass is 453 g/mol. The molecule has 0 radical (unpaired) electrons. The zero-order chi connectivity index (χ0) is 23.2. The summed E-state index contributed by atoms with van der Waals surface area (Å²) in [4.78, 5) is 29.8. The van der Waals surface area contributed by atoms with Crippen molar-refractivity contribution in [3.8, 4) is 11.1 Å². The summed E-state index contributed by atoms with van der Waals surface area (Å²) in [6.45, 7) is 6.69. The molecule has 3 aromatic heterocycles. The standard InChI is InChI=1S/C26H27N7O/c1-16-13-29-25-23(16)19(7-8-27-25)18-4-5-21(24-20(18)15-30-26(24)34)31-22-6-3-17(14-28-22)33-11-9-32(2)10-12-33/h3-8,13-14H,9-12,15H2,1-2H3,(H,27,29)(H,28,31)(H,30,34). The molecule has 1 fully saturated rings. The van der Waals surface area contributed by atoms with Gasteiger partial charge in [0.05, 0.1) is 23.1 Å². The highest BCUT2D eigenvalue weighted by atomic mass is 16.1. The summed E-state index contributed by atoms with van der Waals surface area (Å²) in [7, 11) is 2.15. The van der Waals surface area contributed by atoms with Crippen LogP contribution in [0.1, 0.15) is 21.5 Å². The van der Waals surface area contributed by atoms with E-state index in [4.69, 9.17) is 0 Å². The van der Waals surface area contributed by atoms with Crippen molar-refractivity contribution in [1.82, 2.24) is 25.2 Å². The number of benzene rings is 1. The second kappa shape index (κ2) is 8.14. The molecule has 0 saturated carbocycles. The van der Waals surface area contributed by atoms with Crippen LogP contribution in [-0.4, -0.2) is 59.0 Å². The normalized spacial score (nSPS) is 16.1. The molecule has 34 heavy (non-hydrogen) atoms. The average Bonchev–Trinajstić information content (AvgIpc) is 3.44. The predicted molar refractivity (Wildman–Crippen MR) is 135 cm³/mol. The van der Waals surface area contributed by atoms with Crippen LogP contribution < -0.4 is 15.5 Å². The molecule has 5 heterocycles. The van der Waals surface area contributed by atoms with Gasteiger partial charge in [0.15, 0.2) is 0 Å². The van der Waals surface area contributed by atoms with Gasteiger partial charge in [-0.15, -0.1) is 0 Å². The Hall–Kier alpha value is -3.91. The van der Waals surface area contributed by atoms with E-state index in [1.165, 1.54) is 0 Å². The second-order valence-corrected chi connectivity index (χ2v) is 9.07. The van der Waals surface area contributed by atoms with Crippen LogP contribution in [0.25, 0.3) is 22.2 Å². The minimum atomic E-state index is -0.0653. The van der Waals surface area contributed by atoms with Gasteiger partial charge in [-0.1, -0.05) is 6.07 Å². The van der Waals surface area contributed by atoms with E-state index >= 15 is 0 Å². The molecule has 0 aliphatic carbocycles. The summed E-state index contributed by atoms with van der Waals surface area (Å²) < 4.78 is 0. The van der Waals surface area contributed by atoms with Crippen molar-refractivity contribution in [2.75, 3.05) is 43.4 Å². The summed E-state index contributed by atoms with van der Waals surface area (Å²) >= 11 is 0. The number of rotatable bonds is 4. The first kappa shape index (κ1) is 20.7. The molecule has 2 aliphatic heterocycles. The van der Waals surface area contributed by atoms with Gasteiger partial charge in [0.25, 0.3) is 5.91 Å². The maximum Gasteiger partial charge on any atom is 0.254 e. The number of pyridine rings is 2. The number of anilines is 3. The molecule has 0 bridgehead atoms. The van der Waals surface area contributed by atoms with Crippen LogP contribution in [0.5, 0.6) is 0 Å². The van der Waals surface area contributed by atoms with E-state index in [2.05, 4.69) is 61.5 Å². The van der Waals surface area contributed by atoms with Crippen molar-refractivity contribution < 1.29 is 4.79 Å². The van der Waals surface area contributed by atoms with E-state index in [1.807, 2.05) is 36.8 Å². The summed E-state index contributed by atoms with van der Waals surface area (Å²) in [6, 6.07) is 10.2. The SMILES string of the molecule is Cc1c[nH]c2nccc(-c3ccc(Nc4ccc(N5CCN(C)CC5)cn4)c4c3CNC4=O)c12. The number of amides is 1. The van der Waals surface area contributed by atoms with Gasteiger partial charge in [-0.25, -0.2) is 9.97 Å². The van der Waals surface area contributed by atoms with Gasteiger partial charge in [0.1, 0.15) is 11.5 Å². The molecular weight excluding hydrogens is 426 g/mol. The van der Waals surface area contributed by atoms with Crippen LogP contribution in [0.2, 0.25) is 0 Å². The highest BCUT2D eigenvalue weighted by Gasteiger charge is 2.27. The second-order valence-electron chi connectivity index (χ2n) is 9.07. The lowest BCUT2D eigenvalue weighted by atomic mass is 9.93. The molecule has 8 nitrogen and oxygen atoms in total. The minimum absolute atomic E-state index is 0.0653. The number of aromatic nitrogens is 3. The Balaban J connectivity index is 1.33. The van der Waals surface area contributed by atoms with Gasteiger partial charge in [-0.2, -0.15) is 0 Å². The van der Waals surface area contributed by atoms with E-state index in [9.17, 15) is 4.79 Å². The number of carbonyl (C=O) groups excluding carboxylic acids is 1. The first-order valence-electron chi connectivity index (χ1n) is 11.6. The number of aryl methyl sites for hydroxylation is 1. The third kappa shape index (κ3) is 3.47. The fourth-order valence-electron chi connectivity index (χ4n) is 5.00. The fraction of sp³-hybridized carbons (Fsp3) is 0.269. The Morgan fingerprint density at radius 2 is 1.85 bits per heavy atom. The number of hydrogen-bond donors (Lipinski definition) is 3. The van der Waals surface area contributed by atoms with Crippen molar-refractivity contribution >= 4 is 34.1 Å². The summed E-state index contributed by atoms with van der Waals surface area (Å²) in [5.74, 6) is 0.657. The Labute approximate surface area is 198 Å². The van der Waals surface area contributed by atoms with Crippen LogP contribution in [0, 0.1) is 6.92 Å².